The molecule has 2 aromatic carbocycles. The Morgan fingerprint density at radius 1 is 1.08 bits per heavy atom. The second kappa shape index (κ2) is 12.2. The van der Waals surface area contributed by atoms with E-state index in [2.05, 4.69) is 9.69 Å². The molecule has 3 amide bonds. The van der Waals surface area contributed by atoms with Crippen LogP contribution in [0.2, 0.25) is 0 Å². The van der Waals surface area contributed by atoms with Crippen LogP contribution in [0, 0.1) is 0 Å². The molecule has 0 aliphatic carbocycles. The smallest absolute Gasteiger partial charge is 0.273 e. The summed E-state index contributed by atoms with van der Waals surface area (Å²) in [4.78, 5) is 42.6. The van der Waals surface area contributed by atoms with Crippen LogP contribution in [0.15, 0.2) is 48.5 Å². The van der Waals surface area contributed by atoms with Crippen LogP contribution in [-0.4, -0.2) is 63.6 Å². The zero-order valence-corrected chi connectivity index (χ0v) is 21.9. The van der Waals surface area contributed by atoms with Crippen molar-refractivity contribution >= 4 is 46.3 Å². The first kappa shape index (κ1) is 27.4. The van der Waals surface area contributed by atoms with Crippen LogP contribution in [0.1, 0.15) is 31.8 Å². The van der Waals surface area contributed by atoms with Gasteiger partial charge < -0.3 is 31.2 Å². The lowest BCUT2D eigenvalue weighted by Gasteiger charge is -2.31. The molecule has 0 fully saturated rings. The largest absolute Gasteiger partial charge is 0.497 e. The minimum absolute atomic E-state index is 0.0174. The maximum atomic E-state index is 14.0. The van der Waals surface area contributed by atoms with Crippen molar-refractivity contribution in [3.8, 4) is 5.75 Å². The molecule has 0 bridgehead atoms. The first-order valence-electron chi connectivity index (χ1n) is 11.3. The number of nitrogens with two attached hydrogens (primary N) is 2. The first-order chi connectivity index (χ1) is 17.7. The topological polar surface area (TPSA) is 153 Å². The van der Waals surface area contributed by atoms with E-state index in [0.29, 0.717) is 17.0 Å². The fourth-order valence-corrected chi connectivity index (χ4v) is 4.37. The van der Waals surface area contributed by atoms with E-state index < -0.39 is 23.8 Å². The minimum Gasteiger partial charge on any atom is -0.497 e. The average molecular weight is 527 g/mol. The molecular formula is C25H30N6O5S. The standard InChI is InChI=1S/C25H30N6O5S/c1-30(2)16-10-8-15(9-11-16)21(24(33)28-12-13-35-3)31(17-6-5-7-18(14-17)36-4)25(34)22-19(26)20(23(27)32)29-37-22/h5-11,14,21H,12-13,26H2,1-4H3,(H2,27,32)(H,28,33)/t21-/m1/s1. The number of benzene rings is 2. The molecule has 0 unspecified atom stereocenters. The molecule has 37 heavy (non-hydrogen) atoms. The van der Waals surface area contributed by atoms with Crippen molar-refractivity contribution in [2.75, 3.05) is 57.0 Å². The number of nitrogens with zero attached hydrogens (tertiary/aromatic N) is 3. The number of anilines is 3. The summed E-state index contributed by atoms with van der Waals surface area (Å²) < 4.78 is 14.4. The van der Waals surface area contributed by atoms with Crippen LogP contribution < -0.4 is 31.3 Å². The van der Waals surface area contributed by atoms with Gasteiger partial charge in [0.25, 0.3) is 11.8 Å². The third-order valence-electron chi connectivity index (χ3n) is 5.54. The summed E-state index contributed by atoms with van der Waals surface area (Å²) in [5.74, 6) is -1.44. The summed E-state index contributed by atoms with van der Waals surface area (Å²) in [7, 11) is 6.83. The van der Waals surface area contributed by atoms with E-state index in [0.717, 1.165) is 17.2 Å². The van der Waals surface area contributed by atoms with Crippen molar-refractivity contribution in [1.29, 1.82) is 0 Å². The highest BCUT2D eigenvalue weighted by atomic mass is 32.1. The Bertz CT molecular complexity index is 1260. The molecular weight excluding hydrogens is 496 g/mol. The van der Waals surface area contributed by atoms with Crippen molar-refractivity contribution in [1.82, 2.24) is 9.69 Å². The number of rotatable bonds is 11. The van der Waals surface area contributed by atoms with Crippen LogP contribution >= 0.6 is 11.5 Å². The van der Waals surface area contributed by atoms with Gasteiger partial charge in [0, 0.05) is 45.2 Å². The quantitative estimate of drug-likeness (QED) is 0.321. The molecule has 1 atom stereocenters. The van der Waals surface area contributed by atoms with Gasteiger partial charge in [-0.15, -0.1) is 0 Å². The molecule has 0 spiro atoms. The monoisotopic (exact) mass is 526 g/mol. The summed E-state index contributed by atoms with van der Waals surface area (Å²) >= 11 is 0.741. The second-order valence-corrected chi connectivity index (χ2v) is 8.96. The number of hydrogen-bond acceptors (Lipinski definition) is 9. The average Bonchev–Trinajstić information content (AvgIpc) is 3.28. The van der Waals surface area contributed by atoms with Crippen molar-refractivity contribution in [2.24, 2.45) is 5.73 Å². The molecule has 11 nitrogen and oxygen atoms in total. The number of ether oxygens (including phenoxy) is 2. The Balaban J connectivity index is 2.20. The maximum Gasteiger partial charge on any atom is 0.273 e. The van der Waals surface area contributed by atoms with Gasteiger partial charge in [0.2, 0.25) is 5.91 Å². The fourth-order valence-electron chi connectivity index (χ4n) is 3.63. The normalized spacial score (nSPS) is 11.5. The van der Waals surface area contributed by atoms with Gasteiger partial charge in [-0.05, 0) is 41.4 Å². The number of primary amides is 1. The highest BCUT2D eigenvalue weighted by Gasteiger charge is 2.36. The van der Waals surface area contributed by atoms with Gasteiger partial charge in [-0.2, -0.15) is 4.37 Å². The molecule has 0 aliphatic heterocycles. The Labute approximate surface area is 219 Å². The minimum atomic E-state index is -1.11. The van der Waals surface area contributed by atoms with E-state index in [1.54, 1.807) is 36.4 Å². The zero-order chi connectivity index (χ0) is 27.1. The lowest BCUT2D eigenvalue weighted by molar-refractivity contribution is -0.122. The van der Waals surface area contributed by atoms with Crippen LogP contribution in [0.5, 0.6) is 5.75 Å². The van der Waals surface area contributed by atoms with Gasteiger partial charge in [-0.3, -0.25) is 19.3 Å². The molecule has 3 rings (SSSR count). The number of nitrogen functional groups attached to an aromatic ring is 1. The highest BCUT2D eigenvalue weighted by Crippen LogP contribution is 2.35. The van der Waals surface area contributed by atoms with E-state index in [4.69, 9.17) is 20.9 Å². The first-order valence-corrected chi connectivity index (χ1v) is 12.0. The third-order valence-corrected chi connectivity index (χ3v) is 6.39. The lowest BCUT2D eigenvalue weighted by Crippen LogP contribution is -2.44. The van der Waals surface area contributed by atoms with E-state index in [9.17, 15) is 14.4 Å². The fraction of sp³-hybridized carbons (Fsp3) is 0.280. The number of nitrogens with one attached hydrogen (secondary N) is 1. The van der Waals surface area contributed by atoms with Gasteiger partial charge in [0.05, 0.1) is 19.4 Å². The van der Waals surface area contributed by atoms with E-state index in [1.165, 1.54) is 19.1 Å². The SMILES string of the molecule is COCCNC(=O)[C@@H](c1ccc(N(C)C)cc1)N(C(=O)c1snc(C(N)=O)c1N)c1cccc(OC)c1. The van der Waals surface area contributed by atoms with Gasteiger partial charge in [0.1, 0.15) is 16.7 Å². The number of carbonyl (C=O) groups is 3. The number of aromatic nitrogens is 1. The summed E-state index contributed by atoms with van der Waals surface area (Å²) in [5, 5.41) is 2.83. The van der Waals surface area contributed by atoms with Gasteiger partial charge in [-0.1, -0.05) is 18.2 Å². The number of amides is 3. The van der Waals surface area contributed by atoms with Gasteiger partial charge in [-0.25, -0.2) is 0 Å². The summed E-state index contributed by atoms with van der Waals surface area (Å²) in [6.07, 6.45) is 0. The molecule has 0 saturated heterocycles. The molecule has 0 aliphatic rings. The summed E-state index contributed by atoms with van der Waals surface area (Å²) in [6.45, 7) is 0.519. The predicted molar refractivity (Wildman–Crippen MR) is 143 cm³/mol. The Kier molecular flexibility index (Phi) is 9.04. The number of carbonyl (C=O) groups excluding carboxylic acids is 3. The van der Waals surface area contributed by atoms with Crippen molar-refractivity contribution in [3.05, 3.63) is 64.7 Å². The van der Waals surface area contributed by atoms with Gasteiger partial charge >= 0.3 is 0 Å². The van der Waals surface area contributed by atoms with Crippen LogP contribution in [0.3, 0.4) is 0 Å². The molecule has 12 heteroatoms. The summed E-state index contributed by atoms with van der Waals surface area (Å²) in [5.41, 5.74) is 13.0. The van der Waals surface area contributed by atoms with Crippen LogP contribution in [0.4, 0.5) is 17.1 Å². The second-order valence-electron chi connectivity index (χ2n) is 8.19. The third kappa shape index (κ3) is 6.16. The lowest BCUT2D eigenvalue weighted by atomic mass is 10.0. The Morgan fingerprint density at radius 3 is 2.35 bits per heavy atom. The highest BCUT2D eigenvalue weighted by molar-refractivity contribution is 7.09. The van der Waals surface area contributed by atoms with Crippen molar-refractivity contribution in [2.45, 2.75) is 6.04 Å². The van der Waals surface area contributed by atoms with Crippen LogP contribution in [-0.2, 0) is 9.53 Å². The molecule has 0 radical (unpaired) electrons. The number of methoxy groups -OCH3 is 2. The Hall–Kier alpha value is -4.16. The predicted octanol–water partition coefficient (Wildman–Crippen LogP) is 2.05. The molecule has 1 aromatic heterocycles. The van der Waals surface area contributed by atoms with E-state index in [1.807, 2.05) is 31.1 Å². The molecule has 0 saturated carbocycles. The molecule has 196 valence electrons. The zero-order valence-electron chi connectivity index (χ0n) is 21.1. The molecule has 5 N–H and O–H groups in total. The summed E-state index contributed by atoms with van der Waals surface area (Å²) in [6, 6.07) is 12.9. The van der Waals surface area contributed by atoms with Crippen molar-refractivity contribution < 1.29 is 23.9 Å². The number of hydrogen-bond donors (Lipinski definition) is 3. The molecule has 1 heterocycles. The van der Waals surface area contributed by atoms with Crippen LogP contribution in [0.25, 0.3) is 0 Å². The Morgan fingerprint density at radius 2 is 1.78 bits per heavy atom. The molecule has 3 aromatic rings. The maximum absolute atomic E-state index is 14.0. The van der Waals surface area contributed by atoms with Crippen molar-refractivity contribution in [3.63, 3.8) is 0 Å². The van der Waals surface area contributed by atoms with E-state index in [-0.39, 0.29) is 29.4 Å². The van der Waals surface area contributed by atoms with E-state index >= 15 is 0 Å². The van der Waals surface area contributed by atoms with Gasteiger partial charge in [0.15, 0.2) is 5.69 Å².